The molecular weight excluding hydrogens is 395 g/mol. The van der Waals surface area contributed by atoms with Gasteiger partial charge in [-0.3, -0.25) is 9.44 Å². The first-order valence-electron chi connectivity index (χ1n) is 7.55. The lowest BCUT2D eigenvalue weighted by molar-refractivity contribution is 0.596. The molecule has 0 unspecified atom stereocenters. The minimum absolute atomic E-state index is 0.0151. The average Bonchev–Trinajstić information content (AvgIpc) is 3.04. The van der Waals surface area contributed by atoms with Gasteiger partial charge in [0.2, 0.25) is 0 Å². The van der Waals surface area contributed by atoms with Crippen molar-refractivity contribution in [3.8, 4) is 0 Å². The summed E-state index contributed by atoms with van der Waals surface area (Å²) in [4.78, 5) is 3.62. The van der Waals surface area contributed by atoms with Crippen LogP contribution in [0.25, 0.3) is 0 Å². The van der Waals surface area contributed by atoms with Gasteiger partial charge in [0.1, 0.15) is 5.82 Å². The van der Waals surface area contributed by atoms with Crippen LogP contribution in [-0.2, 0) is 27.1 Å². The van der Waals surface area contributed by atoms with Crippen LogP contribution in [-0.4, -0.2) is 26.4 Å². The van der Waals surface area contributed by atoms with Crippen molar-refractivity contribution in [2.24, 2.45) is 7.05 Å². The highest BCUT2D eigenvalue weighted by molar-refractivity contribution is 7.93. The molecule has 3 aromatic rings. The number of rotatable bonds is 6. The van der Waals surface area contributed by atoms with E-state index in [1.54, 1.807) is 19.2 Å². The minimum atomic E-state index is -4.04. The predicted octanol–water partition coefficient (Wildman–Crippen LogP) is 2.16. The fraction of sp³-hybridized carbons (Fsp3) is 0.0625. The Kier molecular flexibility index (Phi) is 4.89. The highest BCUT2D eigenvalue weighted by Crippen LogP contribution is 2.26. The first-order chi connectivity index (χ1) is 12.7. The van der Waals surface area contributed by atoms with Gasteiger partial charge in [-0.2, -0.15) is 8.42 Å². The standard InChI is InChI=1S/C16H15FN4O4S2/c1-21-10-16(18-11-21)27(24,25)20-15-5-3-2-4-14(15)19-26(22,23)13-8-6-12(17)7-9-13/h2-11,19-20H,1H3. The van der Waals surface area contributed by atoms with Crippen molar-refractivity contribution in [2.45, 2.75) is 9.92 Å². The van der Waals surface area contributed by atoms with E-state index in [0.29, 0.717) is 0 Å². The molecule has 2 N–H and O–H groups in total. The molecule has 0 saturated heterocycles. The Morgan fingerprint density at radius 3 is 1.96 bits per heavy atom. The number of anilines is 2. The van der Waals surface area contributed by atoms with Crippen molar-refractivity contribution in [2.75, 3.05) is 9.44 Å². The number of hydrogen-bond donors (Lipinski definition) is 2. The Morgan fingerprint density at radius 1 is 0.889 bits per heavy atom. The van der Waals surface area contributed by atoms with E-state index in [2.05, 4.69) is 14.4 Å². The summed E-state index contributed by atoms with van der Waals surface area (Å²) in [6.07, 6.45) is 2.64. The summed E-state index contributed by atoms with van der Waals surface area (Å²) in [6, 6.07) is 10.2. The molecule has 0 aliphatic carbocycles. The van der Waals surface area contributed by atoms with E-state index in [1.807, 2.05) is 0 Å². The Labute approximate surface area is 155 Å². The summed E-state index contributed by atoms with van der Waals surface area (Å²) in [7, 11) is -6.43. The van der Waals surface area contributed by atoms with Gasteiger partial charge in [0.05, 0.1) is 22.6 Å². The van der Waals surface area contributed by atoms with Gasteiger partial charge in [-0.25, -0.2) is 17.8 Å². The van der Waals surface area contributed by atoms with Crippen LogP contribution in [0.1, 0.15) is 0 Å². The van der Waals surface area contributed by atoms with Crippen LogP contribution in [0.3, 0.4) is 0 Å². The molecule has 0 radical (unpaired) electrons. The van der Waals surface area contributed by atoms with E-state index in [9.17, 15) is 21.2 Å². The molecule has 0 bridgehead atoms. The maximum Gasteiger partial charge on any atom is 0.281 e. The number of imidazole rings is 1. The largest absolute Gasteiger partial charge is 0.339 e. The van der Waals surface area contributed by atoms with Crippen LogP contribution in [0.15, 0.2) is 71.0 Å². The number of hydrogen-bond acceptors (Lipinski definition) is 5. The molecule has 2 aromatic carbocycles. The normalized spacial score (nSPS) is 11.9. The lowest BCUT2D eigenvalue weighted by Gasteiger charge is -2.13. The molecule has 27 heavy (non-hydrogen) atoms. The van der Waals surface area contributed by atoms with Crippen molar-refractivity contribution in [1.29, 1.82) is 0 Å². The average molecular weight is 410 g/mol. The van der Waals surface area contributed by atoms with Crippen LogP contribution in [0.5, 0.6) is 0 Å². The first-order valence-corrected chi connectivity index (χ1v) is 10.5. The number of para-hydroxylation sites is 2. The van der Waals surface area contributed by atoms with Gasteiger partial charge in [-0.15, -0.1) is 0 Å². The monoisotopic (exact) mass is 410 g/mol. The van der Waals surface area contributed by atoms with E-state index in [-0.39, 0.29) is 21.3 Å². The molecule has 0 amide bonds. The molecule has 0 saturated carbocycles. The fourth-order valence-corrected chi connectivity index (χ4v) is 4.35. The Balaban J connectivity index is 1.91. The predicted molar refractivity (Wildman–Crippen MR) is 97.7 cm³/mol. The van der Waals surface area contributed by atoms with Gasteiger partial charge >= 0.3 is 0 Å². The molecule has 0 spiro atoms. The highest BCUT2D eigenvalue weighted by Gasteiger charge is 2.21. The van der Waals surface area contributed by atoms with E-state index in [0.717, 1.165) is 24.3 Å². The van der Waals surface area contributed by atoms with Crippen molar-refractivity contribution in [3.05, 3.63) is 66.9 Å². The SMILES string of the molecule is Cn1cnc(S(=O)(=O)Nc2ccccc2NS(=O)(=O)c2ccc(F)cc2)c1. The smallest absolute Gasteiger partial charge is 0.281 e. The van der Waals surface area contributed by atoms with Crippen LogP contribution < -0.4 is 9.44 Å². The van der Waals surface area contributed by atoms with E-state index in [1.165, 1.54) is 29.2 Å². The number of aromatic nitrogens is 2. The highest BCUT2D eigenvalue weighted by atomic mass is 32.2. The second kappa shape index (κ2) is 7.00. The summed E-state index contributed by atoms with van der Waals surface area (Å²) in [5.74, 6) is -0.572. The van der Waals surface area contributed by atoms with E-state index >= 15 is 0 Å². The molecule has 1 heterocycles. The first kappa shape index (κ1) is 18.9. The van der Waals surface area contributed by atoms with Gasteiger partial charge in [0.25, 0.3) is 20.0 Å². The molecular formula is C16H15FN4O4S2. The second-order valence-corrected chi connectivity index (χ2v) is 8.90. The number of aryl methyl sites for hydroxylation is 1. The third-order valence-electron chi connectivity index (χ3n) is 3.50. The molecule has 11 heteroatoms. The van der Waals surface area contributed by atoms with E-state index < -0.39 is 25.9 Å². The Morgan fingerprint density at radius 2 is 1.44 bits per heavy atom. The maximum atomic E-state index is 13.0. The Hall–Kier alpha value is -2.92. The zero-order chi connectivity index (χ0) is 19.7. The van der Waals surface area contributed by atoms with Crippen molar-refractivity contribution < 1.29 is 21.2 Å². The molecule has 1 aromatic heterocycles. The fourth-order valence-electron chi connectivity index (χ4n) is 2.20. The van der Waals surface area contributed by atoms with Crippen molar-refractivity contribution in [1.82, 2.24) is 9.55 Å². The van der Waals surface area contributed by atoms with Crippen LogP contribution in [0.2, 0.25) is 0 Å². The summed E-state index contributed by atoms with van der Waals surface area (Å²) < 4.78 is 68.9. The lowest BCUT2D eigenvalue weighted by atomic mass is 10.3. The topological polar surface area (TPSA) is 110 Å². The zero-order valence-electron chi connectivity index (χ0n) is 14.0. The molecule has 8 nitrogen and oxygen atoms in total. The summed E-state index contributed by atoms with van der Waals surface area (Å²) in [5, 5.41) is -0.207. The summed E-state index contributed by atoms with van der Waals surface area (Å²) in [6.45, 7) is 0. The summed E-state index contributed by atoms with van der Waals surface area (Å²) in [5.41, 5.74) is 0.0372. The quantitative estimate of drug-likeness (QED) is 0.647. The number of benzene rings is 2. The molecule has 0 fully saturated rings. The minimum Gasteiger partial charge on any atom is -0.339 e. The third kappa shape index (κ3) is 4.26. The maximum absolute atomic E-state index is 13.0. The molecule has 142 valence electrons. The molecule has 0 aliphatic rings. The zero-order valence-corrected chi connectivity index (χ0v) is 15.6. The molecule has 0 aliphatic heterocycles. The van der Waals surface area contributed by atoms with E-state index in [4.69, 9.17) is 0 Å². The second-order valence-electron chi connectivity index (χ2n) is 5.59. The molecule has 0 atom stereocenters. The third-order valence-corrected chi connectivity index (χ3v) is 6.13. The van der Waals surface area contributed by atoms with Crippen molar-refractivity contribution in [3.63, 3.8) is 0 Å². The lowest BCUT2D eigenvalue weighted by Crippen LogP contribution is -2.17. The number of halogens is 1. The van der Waals surface area contributed by atoms with Gasteiger partial charge in [0.15, 0.2) is 5.03 Å². The van der Waals surface area contributed by atoms with Crippen LogP contribution in [0.4, 0.5) is 15.8 Å². The van der Waals surface area contributed by atoms with Gasteiger partial charge in [0, 0.05) is 13.2 Å². The molecule has 3 rings (SSSR count). The van der Waals surface area contributed by atoms with Gasteiger partial charge in [-0.05, 0) is 36.4 Å². The number of sulfonamides is 2. The van der Waals surface area contributed by atoms with Crippen LogP contribution in [0, 0.1) is 5.82 Å². The van der Waals surface area contributed by atoms with Gasteiger partial charge in [-0.1, -0.05) is 12.1 Å². The van der Waals surface area contributed by atoms with Crippen molar-refractivity contribution >= 4 is 31.4 Å². The van der Waals surface area contributed by atoms with Gasteiger partial charge < -0.3 is 4.57 Å². The number of nitrogens with zero attached hydrogens (tertiary/aromatic N) is 2. The summed E-state index contributed by atoms with van der Waals surface area (Å²) >= 11 is 0. The Bertz CT molecular complexity index is 1170. The number of nitrogens with one attached hydrogen (secondary N) is 2. The van der Waals surface area contributed by atoms with Crippen LogP contribution >= 0.6 is 0 Å².